The number of rotatable bonds is 4. The Morgan fingerprint density at radius 1 is 1.17 bits per heavy atom. The summed E-state index contributed by atoms with van der Waals surface area (Å²) in [6.45, 7) is 1.89. The number of fused-ring (bicyclic) bond motifs is 1. The second kappa shape index (κ2) is 8.70. The highest BCUT2D eigenvalue weighted by Crippen LogP contribution is 2.27. The third-order valence-electron chi connectivity index (χ3n) is 5.78. The van der Waals surface area contributed by atoms with Gasteiger partial charge in [0.1, 0.15) is 0 Å². The minimum absolute atomic E-state index is 0.0152. The third kappa shape index (κ3) is 4.18. The van der Waals surface area contributed by atoms with Gasteiger partial charge in [0.25, 0.3) is 0 Å². The second-order valence-electron chi connectivity index (χ2n) is 7.64. The zero-order chi connectivity index (χ0) is 21.3. The number of carbonyl (C=O) groups is 2. The number of hydrogen-bond donors (Lipinski definition) is 1. The fraction of sp³-hybridized carbons (Fsp3) is 0.364. The Bertz CT molecular complexity index is 985. The molecule has 1 fully saturated rings. The highest BCUT2D eigenvalue weighted by molar-refractivity contribution is 6.31. The summed E-state index contributed by atoms with van der Waals surface area (Å²) in [4.78, 5) is 28.9. The molecule has 2 aromatic carbocycles. The van der Waals surface area contributed by atoms with Gasteiger partial charge < -0.3 is 10.2 Å². The lowest BCUT2D eigenvalue weighted by Crippen LogP contribution is -2.56. The first-order valence-corrected chi connectivity index (χ1v) is 10.3. The molecular weight excluding hydrogens is 412 g/mol. The molecule has 1 saturated heterocycles. The van der Waals surface area contributed by atoms with E-state index in [9.17, 15) is 18.4 Å². The molecule has 1 atom stereocenters. The normalized spacial score (nSPS) is 19.4. The summed E-state index contributed by atoms with van der Waals surface area (Å²) < 4.78 is 27.7. The van der Waals surface area contributed by atoms with Crippen molar-refractivity contribution in [1.29, 1.82) is 0 Å². The number of halogens is 3. The van der Waals surface area contributed by atoms with Crippen LogP contribution in [0.4, 0.5) is 8.78 Å². The number of nitrogens with one attached hydrogen (secondary N) is 1. The Morgan fingerprint density at radius 2 is 1.97 bits per heavy atom. The fourth-order valence-electron chi connectivity index (χ4n) is 4.13. The van der Waals surface area contributed by atoms with Crippen LogP contribution in [0.25, 0.3) is 0 Å². The summed E-state index contributed by atoms with van der Waals surface area (Å²) in [6, 6.07) is 8.92. The average molecular weight is 434 g/mol. The second-order valence-corrected chi connectivity index (χ2v) is 8.04. The smallest absolute Gasteiger partial charge is 0.237 e. The number of piperazine rings is 1. The van der Waals surface area contributed by atoms with Crippen LogP contribution in [0.15, 0.2) is 36.4 Å². The van der Waals surface area contributed by atoms with Crippen molar-refractivity contribution >= 4 is 23.4 Å². The number of hydrogen-bond acceptors (Lipinski definition) is 3. The van der Waals surface area contributed by atoms with Crippen LogP contribution in [0.2, 0.25) is 5.02 Å². The van der Waals surface area contributed by atoms with E-state index in [0.29, 0.717) is 37.6 Å². The van der Waals surface area contributed by atoms with Gasteiger partial charge in [0.2, 0.25) is 11.8 Å². The molecule has 2 aliphatic rings. The summed E-state index contributed by atoms with van der Waals surface area (Å²) >= 11 is 6.24. The lowest BCUT2D eigenvalue weighted by molar-refractivity contribution is -0.139. The van der Waals surface area contributed by atoms with Gasteiger partial charge in [0, 0.05) is 43.3 Å². The first kappa shape index (κ1) is 20.8. The molecule has 0 aliphatic carbocycles. The lowest BCUT2D eigenvalue weighted by atomic mass is 9.98. The fourth-order valence-corrected chi connectivity index (χ4v) is 4.42. The molecule has 0 radical (unpaired) electrons. The molecule has 0 bridgehead atoms. The van der Waals surface area contributed by atoms with Gasteiger partial charge in [-0.2, -0.15) is 0 Å². The number of nitrogens with zero attached hydrogens (tertiary/aromatic N) is 2. The molecular formula is C22H22ClF2N3O2. The van der Waals surface area contributed by atoms with Gasteiger partial charge in [0.05, 0.1) is 12.5 Å². The van der Waals surface area contributed by atoms with Crippen LogP contribution in [-0.2, 0) is 29.1 Å². The van der Waals surface area contributed by atoms with Crippen molar-refractivity contribution in [3.05, 3.63) is 69.7 Å². The minimum atomic E-state index is -0.924. The molecule has 30 heavy (non-hydrogen) atoms. The molecule has 2 amide bonds. The molecule has 0 aromatic heterocycles. The Labute approximate surface area is 178 Å². The van der Waals surface area contributed by atoms with Crippen molar-refractivity contribution in [1.82, 2.24) is 15.1 Å². The van der Waals surface area contributed by atoms with Crippen molar-refractivity contribution in [2.75, 3.05) is 19.6 Å². The summed E-state index contributed by atoms with van der Waals surface area (Å²) in [5.41, 5.74) is 2.24. The van der Waals surface area contributed by atoms with Crippen LogP contribution in [0.1, 0.15) is 23.1 Å². The maximum absolute atomic E-state index is 14.1. The van der Waals surface area contributed by atoms with E-state index in [0.717, 1.165) is 17.2 Å². The van der Waals surface area contributed by atoms with Gasteiger partial charge in [-0.3, -0.25) is 14.5 Å². The van der Waals surface area contributed by atoms with Crippen molar-refractivity contribution in [3.8, 4) is 0 Å². The van der Waals surface area contributed by atoms with E-state index in [2.05, 4.69) is 5.32 Å². The molecule has 2 aliphatic heterocycles. The number of amides is 2. The average Bonchev–Trinajstić information content (AvgIpc) is 2.73. The topological polar surface area (TPSA) is 52.7 Å². The van der Waals surface area contributed by atoms with Crippen LogP contribution in [0.3, 0.4) is 0 Å². The van der Waals surface area contributed by atoms with E-state index in [1.165, 1.54) is 12.1 Å². The van der Waals surface area contributed by atoms with Crippen LogP contribution >= 0.6 is 11.6 Å². The van der Waals surface area contributed by atoms with Crippen LogP contribution < -0.4 is 5.32 Å². The Morgan fingerprint density at radius 3 is 2.80 bits per heavy atom. The molecule has 8 heteroatoms. The zero-order valence-corrected chi connectivity index (χ0v) is 17.1. The molecule has 0 saturated carbocycles. The van der Waals surface area contributed by atoms with Gasteiger partial charge in [-0.25, -0.2) is 8.78 Å². The van der Waals surface area contributed by atoms with Gasteiger partial charge in [-0.15, -0.1) is 0 Å². The van der Waals surface area contributed by atoms with E-state index < -0.39 is 17.7 Å². The molecule has 2 aromatic rings. The molecule has 0 spiro atoms. The summed E-state index contributed by atoms with van der Waals surface area (Å²) in [5, 5.41) is 3.47. The van der Waals surface area contributed by atoms with Crippen molar-refractivity contribution < 1.29 is 18.4 Å². The van der Waals surface area contributed by atoms with E-state index >= 15 is 0 Å². The predicted octanol–water partition coefficient (Wildman–Crippen LogP) is 2.89. The van der Waals surface area contributed by atoms with E-state index in [1.54, 1.807) is 9.80 Å². The third-order valence-corrected chi connectivity index (χ3v) is 6.13. The Hall–Kier alpha value is -2.51. The van der Waals surface area contributed by atoms with Crippen molar-refractivity contribution in [2.24, 2.45) is 0 Å². The Balaban J connectivity index is 1.47. The number of benzene rings is 2. The summed E-state index contributed by atoms with van der Waals surface area (Å²) in [5.74, 6) is -2.26. The first-order chi connectivity index (χ1) is 14.4. The maximum atomic E-state index is 14.1. The highest BCUT2D eigenvalue weighted by Gasteiger charge is 2.34. The molecule has 4 rings (SSSR count). The first-order valence-electron chi connectivity index (χ1n) is 9.92. The predicted molar refractivity (Wildman–Crippen MR) is 109 cm³/mol. The van der Waals surface area contributed by atoms with Crippen molar-refractivity contribution in [2.45, 2.75) is 32.0 Å². The van der Waals surface area contributed by atoms with Crippen molar-refractivity contribution in [3.63, 3.8) is 0 Å². The largest absolute Gasteiger partial charge is 0.353 e. The minimum Gasteiger partial charge on any atom is -0.353 e. The standard InChI is InChI=1S/C22H22ClF2N3O2/c23-17-5-1-3-14-12-28(9-7-16(14)17)20(29)11-19-22(30)26-8-10-27(19)13-15-4-2-6-18(24)21(15)25/h1-6,19H,7-13H2,(H,26,30)/t19-/m1/s1. The molecule has 2 heterocycles. The summed E-state index contributed by atoms with van der Waals surface area (Å²) in [7, 11) is 0. The molecule has 1 N–H and O–H groups in total. The molecule has 5 nitrogen and oxygen atoms in total. The number of carbonyl (C=O) groups excluding carboxylic acids is 2. The van der Waals surface area contributed by atoms with E-state index in [4.69, 9.17) is 11.6 Å². The monoisotopic (exact) mass is 433 g/mol. The quantitative estimate of drug-likeness (QED) is 0.806. The van der Waals surface area contributed by atoms with Crippen LogP contribution in [0.5, 0.6) is 0 Å². The van der Waals surface area contributed by atoms with E-state index in [-0.39, 0.29) is 30.3 Å². The van der Waals surface area contributed by atoms with Gasteiger partial charge in [-0.05, 0) is 29.7 Å². The maximum Gasteiger partial charge on any atom is 0.237 e. The molecule has 158 valence electrons. The summed E-state index contributed by atoms with van der Waals surface area (Å²) in [6.07, 6.45) is 0.647. The SMILES string of the molecule is O=C1NCCN(Cc2cccc(F)c2F)[C@@H]1CC(=O)N1CCc2c(Cl)cccc2C1. The van der Waals surface area contributed by atoms with E-state index in [1.807, 2.05) is 18.2 Å². The zero-order valence-electron chi connectivity index (χ0n) is 16.3. The van der Waals surface area contributed by atoms with Gasteiger partial charge >= 0.3 is 0 Å². The highest BCUT2D eigenvalue weighted by atomic mass is 35.5. The van der Waals surface area contributed by atoms with Crippen LogP contribution in [0, 0.1) is 11.6 Å². The van der Waals surface area contributed by atoms with Gasteiger partial charge in [0.15, 0.2) is 11.6 Å². The lowest BCUT2D eigenvalue weighted by Gasteiger charge is -2.36. The molecule has 0 unspecified atom stereocenters. The Kier molecular flexibility index (Phi) is 6.01. The van der Waals surface area contributed by atoms with Gasteiger partial charge in [-0.1, -0.05) is 35.9 Å². The van der Waals surface area contributed by atoms with Crippen LogP contribution in [-0.4, -0.2) is 47.3 Å².